The molecule has 0 amide bonds. The van der Waals surface area contributed by atoms with Gasteiger partial charge in [0.1, 0.15) is 11.6 Å². The van der Waals surface area contributed by atoms with Crippen LogP contribution in [-0.4, -0.2) is 16.8 Å². The van der Waals surface area contributed by atoms with Gasteiger partial charge in [0.15, 0.2) is 0 Å². The van der Waals surface area contributed by atoms with E-state index >= 15 is 0 Å². The Hall–Kier alpha value is -1.75. The average Bonchev–Trinajstić information content (AvgIpc) is 2.56. The minimum absolute atomic E-state index is 0.366. The third-order valence-corrected chi connectivity index (χ3v) is 3.14. The molecule has 5 heteroatoms. The van der Waals surface area contributed by atoms with Crippen LogP contribution in [0.15, 0.2) is 18.2 Å². The molecule has 0 aliphatic rings. The maximum absolute atomic E-state index is 13.2. The molecule has 0 atom stereocenters. The lowest BCUT2D eigenvalue weighted by Gasteiger charge is -2.06. The molecule has 1 aromatic heterocycles. The van der Waals surface area contributed by atoms with Crippen LogP contribution in [0.1, 0.15) is 22.5 Å². The number of nitrogens with zero attached hydrogens (tertiary/aromatic N) is 2. The molecule has 2 rings (SSSR count). The summed E-state index contributed by atoms with van der Waals surface area (Å²) in [5, 5.41) is 7.50. The number of hydrogen-bond acceptors (Lipinski definition) is 2. The van der Waals surface area contributed by atoms with E-state index in [4.69, 9.17) is 0 Å². The summed E-state index contributed by atoms with van der Waals surface area (Å²) in [4.78, 5) is 0. The summed E-state index contributed by atoms with van der Waals surface area (Å²) >= 11 is 0. The van der Waals surface area contributed by atoms with Crippen molar-refractivity contribution in [1.29, 1.82) is 0 Å². The maximum Gasteiger partial charge on any atom is 0.126 e. The minimum Gasteiger partial charge on any atom is -0.316 e. The van der Waals surface area contributed by atoms with Crippen molar-refractivity contribution in [3.05, 3.63) is 52.3 Å². The Bertz CT molecular complexity index is 570. The molecule has 0 saturated carbocycles. The molecule has 1 N–H and O–H groups in total. The predicted molar refractivity (Wildman–Crippen MR) is 69.9 cm³/mol. The smallest absolute Gasteiger partial charge is 0.126 e. The van der Waals surface area contributed by atoms with E-state index in [1.165, 1.54) is 12.1 Å². The van der Waals surface area contributed by atoms with Crippen molar-refractivity contribution in [1.82, 2.24) is 15.1 Å². The van der Waals surface area contributed by atoms with Crippen molar-refractivity contribution in [2.24, 2.45) is 0 Å². The van der Waals surface area contributed by atoms with Gasteiger partial charge in [0.2, 0.25) is 0 Å². The molecule has 0 bridgehead atoms. The number of halogens is 2. The SMILES string of the molecule is CNCc1c(C)nn(Cc2cc(F)cc(F)c2)c1C. The van der Waals surface area contributed by atoms with Crippen LogP contribution in [0.2, 0.25) is 0 Å². The molecule has 1 aromatic carbocycles. The van der Waals surface area contributed by atoms with Crippen LogP contribution in [0.4, 0.5) is 8.78 Å². The van der Waals surface area contributed by atoms with Gasteiger partial charge in [-0.3, -0.25) is 4.68 Å². The molecule has 2 aromatic rings. The Balaban J connectivity index is 2.30. The van der Waals surface area contributed by atoms with E-state index in [0.29, 0.717) is 12.1 Å². The van der Waals surface area contributed by atoms with Gasteiger partial charge >= 0.3 is 0 Å². The van der Waals surface area contributed by atoms with E-state index in [1.807, 2.05) is 20.9 Å². The predicted octanol–water partition coefficient (Wildman–Crippen LogP) is 2.55. The highest BCUT2D eigenvalue weighted by molar-refractivity contribution is 5.26. The maximum atomic E-state index is 13.2. The third-order valence-electron chi connectivity index (χ3n) is 3.14. The van der Waals surface area contributed by atoms with Gasteiger partial charge in [0.25, 0.3) is 0 Å². The van der Waals surface area contributed by atoms with Crippen molar-refractivity contribution in [2.75, 3.05) is 7.05 Å². The lowest BCUT2D eigenvalue weighted by molar-refractivity contribution is 0.572. The molecule has 0 radical (unpaired) electrons. The van der Waals surface area contributed by atoms with Gasteiger partial charge in [0, 0.05) is 23.9 Å². The molecular formula is C14H17F2N3. The standard InChI is InChI=1S/C14H17F2N3/c1-9-14(7-17-3)10(2)19(18-9)8-11-4-12(15)6-13(16)5-11/h4-6,17H,7-8H2,1-3H3. The zero-order valence-electron chi connectivity index (χ0n) is 11.3. The monoisotopic (exact) mass is 265 g/mol. The van der Waals surface area contributed by atoms with Crippen LogP contribution in [0, 0.1) is 25.5 Å². The van der Waals surface area contributed by atoms with E-state index in [9.17, 15) is 8.78 Å². The molecular weight excluding hydrogens is 248 g/mol. The number of aromatic nitrogens is 2. The van der Waals surface area contributed by atoms with Gasteiger partial charge in [-0.25, -0.2) is 8.78 Å². The van der Waals surface area contributed by atoms with E-state index < -0.39 is 11.6 Å². The van der Waals surface area contributed by atoms with Crippen LogP contribution in [-0.2, 0) is 13.1 Å². The summed E-state index contributed by atoms with van der Waals surface area (Å²) in [7, 11) is 1.87. The number of aryl methyl sites for hydroxylation is 1. The van der Waals surface area contributed by atoms with Gasteiger partial charge in [0.05, 0.1) is 12.2 Å². The Labute approximate surface area is 111 Å². The van der Waals surface area contributed by atoms with Crippen molar-refractivity contribution < 1.29 is 8.78 Å². The first-order chi connectivity index (χ1) is 9.01. The fourth-order valence-electron chi connectivity index (χ4n) is 2.20. The fraction of sp³-hybridized carbons (Fsp3) is 0.357. The van der Waals surface area contributed by atoms with Crippen molar-refractivity contribution in [3.63, 3.8) is 0 Å². The molecule has 0 aliphatic heterocycles. The zero-order chi connectivity index (χ0) is 14.0. The zero-order valence-corrected chi connectivity index (χ0v) is 11.3. The highest BCUT2D eigenvalue weighted by Crippen LogP contribution is 2.15. The summed E-state index contributed by atoms with van der Waals surface area (Å²) in [5.41, 5.74) is 3.64. The topological polar surface area (TPSA) is 29.9 Å². The van der Waals surface area contributed by atoms with Gasteiger partial charge in [-0.05, 0) is 38.6 Å². The van der Waals surface area contributed by atoms with E-state index in [-0.39, 0.29) is 0 Å². The highest BCUT2D eigenvalue weighted by Gasteiger charge is 2.11. The first-order valence-electron chi connectivity index (χ1n) is 6.13. The van der Waals surface area contributed by atoms with Gasteiger partial charge in [-0.1, -0.05) is 0 Å². The molecule has 19 heavy (non-hydrogen) atoms. The number of rotatable bonds is 4. The van der Waals surface area contributed by atoms with Crippen LogP contribution >= 0.6 is 0 Å². The lowest BCUT2D eigenvalue weighted by Crippen LogP contribution is -2.08. The van der Waals surface area contributed by atoms with Gasteiger partial charge in [-0.2, -0.15) is 5.10 Å². The molecule has 0 saturated heterocycles. The summed E-state index contributed by atoms with van der Waals surface area (Å²) in [5.74, 6) is -1.13. The molecule has 0 aliphatic carbocycles. The second-order valence-electron chi connectivity index (χ2n) is 4.62. The largest absolute Gasteiger partial charge is 0.316 e. The summed E-state index contributed by atoms with van der Waals surface area (Å²) in [6.07, 6.45) is 0. The fourth-order valence-corrected chi connectivity index (χ4v) is 2.20. The van der Waals surface area contributed by atoms with Crippen LogP contribution < -0.4 is 5.32 Å². The first kappa shape index (κ1) is 13.7. The first-order valence-corrected chi connectivity index (χ1v) is 6.13. The number of benzene rings is 1. The van der Waals surface area contributed by atoms with Crippen LogP contribution in [0.5, 0.6) is 0 Å². The third kappa shape index (κ3) is 2.98. The minimum atomic E-state index is -0.563. The number of hydrogen-bond donors (Lipinski definition) is 1. The molecule has 0 spiro atoms. The summed E-state index contributed by atoms with van der Waals surface area (Å²) in [6.45, 7) is 4.99. The van der Waals surface area contributed by atoms with Gasteiger partial charge < -0.3 is 5.32 Å². The Morgan fingerprint density at radius 2 is 1.79 bits per heavy atom. The summed E-state index contributed by atoms with van der Waals surface area (Å²) in [6, 6.07) is 3.53. The molecule has 3 nitrogen and oxygen atoms in total. The molecule has 1 heterocycles. The van der Waals surface area contributed by atoms with Crippen LogP contribution in [0.25, 0.3) is 0 Å². The Morgan fingerprint density at radius 3 is 2.37 bits per heavy atom. The van der Waals surface area contributed by atoms with E-state index in [2.05, 4.69) is 10.4 Å². The summed E-state index contributed by atoms with van der Waals surface area (Å²) < 4.78 is 28.1. The molecule has 0 unspecified atom stereocenters. The lowest BCUT2D eigenvalue weighted by atomic mass is 10.2. The van der Waals surface area contributed by atoms with E-state index in [0.717, 1.165) is 29.6 Å². The highest BCUT2D eigenvalue weighted by atomic mass is 19.1. The Kier molecular flexibility index (Phi) is 3.95. The molecule has 0 fully saturated rings. The quantitative estimate of drug-likeness (QED) is 0.920. The molecule has 102 valence electrons. The van der Waals surface area contributed by atoms with E-state index in [1.54, 1.807) is 4.68 Å². The van der Waals surface area contributed by atoms with Crippen molar-refractivity contribution in [3.8, 4) is 0 Å². The Morgan fingerprint density at radius 1 is 1.16 bits per heavy atom. The van der Waals surface area contributed by atoms with Crippen molar-refractivity contribution in [2.45, 2.75) is 26.9 Å². The number of nitrogens with one attached hydrogen (secondary N) is 1. The van der Waals surface area contributed by atoms with Crippen molar-refractivity contribution >= 4 is 0 Å². The second-order valence-corrected chi connectivity index (χ2v) is 4.62. The van der Waals surface area contributed by atoms with Gasteiger partial charge in [-0.15, -0.1) is 0 Å². The van der Waals surface area contributed by atoms with Crippen LogP contribution in [0.3, 0.4) is 0 Å². The normalized spacial score (nSPS) is 11.0. The average molecular weight is 265 g/mol. The second kappa shape index (κ2) is 5.48.